The van der Waals surface area contributed by atoms with Crippen LogP contribution >= 0.6 is 11.3 Å². The van der Waals surface area contributed by atoms with Gasteiger partial charge in [-0.3, -0.25) is 4.79 Å². The van der Waals surface area contributed by atoms with Crippen molar-refractivity contribution in [3.8, 4) is 5.75 Å². The molecule has 8 heteroatoms. The minimum atomic E-state index is -0.158. The Morgan fingerprint density at radius 3 is 3.12 bits per heavy atom. The number of hydrogen-bond donors (Lipinski definition) is 3. The number of aromatic nitrogens is 1. The zero-order valence-corrected chi connectivity index (χ0v) is 19.6. The summed E-state index contributed by atoms with van der Waals surface area (Å²) >= 11 is 1.35. The third kappa shape index (κ3) is 3.71. The molecule has 4 N–H and O–H groups in total. The first kappa shape index (κ1) is 20.7. The molecule has 0 saturated carbocycles. The first-order valence-electron chi connectivity index (χ1n) is 11.8. The van der Waals surface area contributed by atoms with Gasteiger partial charge in [0.2, 0.25) is 0 Å². The largest absolute Gasteiger partial charge is 0.491 e. The zero-order chi connectivity index (χ0) is 22.5. The number of benzene rings is 1. The van der Waals surface area contributed by atoms with E-state index >= 15 is 0 Å². The summed E-state index contributed by atoms with van der Waals surface area (Å²) in [5.41, 5.74) is 10.1. The van der Waals surface area contributed by atoms with Gasteiger partial charge in [-0.05, 0) is 62.4 Å². The van der Waals surface area contributed by atoms with Crippen LogP contribution in [0.1, 0.15) is 33.8 Å². The third-order valence-corrected chi connectivity index (χ3v) is 8.41. The van der Waals surface area contributed by atoms with Crippen molar-refractivity contribution in [3.05, 3.63) is 46.5 Å². The van der Waals surface area contributed by atoms with E-state index in [1.54, 1.807) is 0 Å². The molecule has 3 atom stereocenters. The molecule has 0 spiro atoms. The number of amides is 1. The number of nitrogens with two attached hydrogens (primary N) is 1. The monoisotopic (exact) mass is 463 g/mol. The van der Waals surface area contributed by atoms with Crippen molar-refractivity contribution in [1.29, 1.82) is 0 Å². The fourth-order valence-electron chi connectivity index (χ4n) is 5.53. The van der Waals surface area contributed by atoms with E-state index in [9.17, 15) is 4.79 Å². The van der Waals surface area contributed by atoms with Crippen molar-refractivity contribution >= 4 is 38.8 Å². The number of carbonyl (C=O) groups excluding carboxylic acids is 1. The Labute approximate surface area is 197 Å². The van der Waals surface area contributed by atoms with Crippen LogP contribution in [0, 0.1) is 12.8 Å². The summed E-state index contributed by atoms with van der Waals surface area (Å²) in [6, 6.07) is 10.9. The second kappa shape index (κ2) is 8.18. The Balaban J connectivity index is 1.16. The van der Waals surface area contributed by atoms with Gasteiger partial charge in [-0.2, -0.15) is 0 Å². The predicted molar refractivity (Wildman–Crippen MR) is 132 cm³/mol. The van der Waals surface area contributed by atoms with E-state index in [0.717, 1.165) is 59.2 Å². The quantitative estimate of drug-likeness (QED) is 0.553. The van der Waals surface area contributed by atoms with Crippen molar-refractivity contribution in [2.45, 2.75) is 38.3 Å². The SMILES string of the molecule is Cc1ccc2c(N)c(C(=O)N[C@H]3COc4cc(N5CC[C@@H]6CCNC[C@@H]65)ccc4C3)sc2n1. The molecule has 0 radical (unpaired) electrons. The molecule has 5 heterocycles. The van der Waals surface area contributed by atoms with Crippen LogP contribution in [0.15, 0.2) is 30.3 Å². The number of ether oxygens (including phenoxy) is 1. The van der Waals surface area contributed by atoms with E-state index < -0.39 is 0 Å². The number of thiophene rings is 1. The highest BCUT2D eigenvalue weighted by Gasteiger charge is 2.36. The molecule has 0 bridgehead atoms. The molecule has 2 aromatic heterocycles. The van der Waals surface area contributed by atoms with Gasteiger partial charge < -0.3 is 26.0 Å². The summed E-state index contributed by atoms with van der Waals surface area (Å²) in [4.78, 5) is 21.4. The number of nitrogens with one attached hydrogen (secondary N) is 2. The number of hydrogen-bond acceptors (Lipinski definition) is 7. The normalized spacial score (nSPS) is 24.3. The van der Waals surface area contributed by atoms with Gasteiger partial charge in [0.15, 0.2) is 0 Å². The number of piperidine rings is 1. The maximum absolute atomic E-state index is 13.0. The topological polar surface area (TPSA) is 92.5 Å². The van der Waals surface area contributed by atoms with Gasteiger partial charge >= 0.3 is 0 Å². The number of anilines is 2. The van der Waals surface area contributed by atoms with E-state index in [2.05, 4.69) is 38.7 Å². The summed E-state index contributed by atoms with van der Waals surface area (Å²) in [6.07, 6.45) is 3.29. The van der Waals surface area contributed by atoms with Crippen LogP contribution < -0.4 is 26.0 Å². The Bertz CT molecular complexity index is 1220. The van der Waals surface area contributed by atoms with Crippen molar-refractivity contribution in [3.63, 3.8) is 0 Å². The lowest BCUT2D eigenvalue weighted by atomic mass is 9.93. The van der Waals surface area contributed by atoms with Crippen molar-refractivity contribution in [2.75, 3.05) is 36.9 Å². The molecular formula is C25H29N5O2S. The molecule has 33 heavy (non-hydrogen) atoms. The molecule has 172 valence electrons. The van der Waals surface area contributed by atoms with Gasteiger partial charge in [-0.1, -0.05) is 6.07 Å². The number of fused-ring (bicyclic) bond motifs is 3. The minimum Gasteiger partial charge on any atom is -0.491 e. The maximum Gasteiger partial charge on any atom is 0.263 e. The summed E-state index contributed by atoms with van der Waals surface area (Å²) in [5, 5.41) is 7.50. The van der Waals surface area contributed by atoms with Gasteiger partial charge in [0.25, 0.3) is 5.91 Å². The van der Waals surface area contributed by atoms with Crippen LogP contribution in [-0.4, -0.2) is 49.2 Å². The van der Waals surface area contributed by atoms with Crippen LogP contribution in [0.4, 0.5) is 11.4 Å². The smallest absolute Gasteiger partial charge is 0.263 e. The Kier molecular flexibility index (Phi) is 5.14. The number of carbonyl (C=O) groups is 1. The summed E-state index contributed by atoms with van der Waals surface area (Å²) in [5.74, 6) is 1.57. The lowest BCUT2D eigenvalue weighted by molar-refractivity contribution is 0.0920. The van der Waals surface area contributed by atoms with E-state index in [1.807, 2.05) is 19.1 Å². The molecule has 1 amide bonds. The zero-order valence-electron chi connectivity index (χ0n) is 18.8. The molecule has 3 aliphatic rings. The third-order valence-electron chi connectivity index (χ3n) is 7.29. The second-order valence-corrected chi connectivity index (χ2v) is 10.4. The lowest BCUT2D eigenvalue weighted by Crippen LogP contribution is -2.46. The highest BCUT2D eigenvalue weighted by atomic mass is 32.1. The molecule has 3 aliphatic heterocycles. The van der Waals surface area contributed by atoms with Gasteiger partial charge in [-0.15, -0.1) is 11.3 Å². The molecule has 1 aromatic carbocycles. The fraction of sp³-hybridized carbons (Fsp3) is 0.440. The summed E-state index contributed by atoms with van der Waals surface area (Å²) in [7, 11) is 0. The molecule has 7 nitrogen and oxygen atoms in total. The van der Waals surface area contributed by atoms with Crippen LogP contribution in [0.5, 0.6) is 5.75 Å². The average Bonchev–Trinajstić information content (AvgIpc) is 3.40. The van der Waals surface area contributed by atoms with Gasteiger partial charge in [0.1, 0.15) is 22.1 Å². The van der Waals surface area contributed by atoms with E-state index in [-0.39, 0.29) is 11.9 Å². The summed E-state index contributed by atoms with van der Waals surface area (Å²) in [6.45, 7) is 5.70. The fourth-order valence-corrected chi connectivity index (χ4v) is 6.57. The van der Waals surface area contributed by atoms with Crippen molar-refractivity contribution in [1.82, 2.24) is 15.6 Å². The minimum absolute atomic E-state index is 0.0890. The number of aryl methyl sites for hydroxylation is 1. The average molecular weight is 464 g/mol. The molecule has 0 aliphatic carbocycles. The molecule has 3 aromatic rings. The van der Waals surface area contributed by atoms with Crippen LogP contribution in [0.25, 0.3) is 10.2 Å². The highest BCUT2D eigenvalue weighted by Crippen LogP contribution is 2.37. The summed E-state index contributed by atoms with van der Waals surface area (Å²) < 4.78 is 6.12. The first-order chi connectivity index (χ1) is 16.1. The van der Waals surface area contributed by atoms with E-state index in [0.29, 0.717) is 23.2 Å². The molecule has 2 fully saturated rings. The lowest BCUT2D eigenvalue weighted by Gasteiger charge is -2.34. The number of nitrogen functional groups attached to an aromatic ring is 1. The predicted octanol–water partition coefficient (Wildman–Crippen LogP) is 3.11. The van der Waals surface area contributed by atoms with Crippen LogP contribution in [0.2, 0.25) is 0 Å². The van der Waals surface area contributed by atoms with Crippen molar-refractivity contribution < 1.29 is 9.53 Å². The van der Waals surface area contributed by atoms with E-state index in [1.165, 1.54) is 29.9 Å². The molecule has 0 unspecified atom stereocenters. The molecule has 6 rings (SSSR count). The Morgan fingerprint density at radius 2 is 2.21 bits per heavy atom. The molecule has 2 saturated heterocycles. The Hall–Kier alpha value is -2.84. The van der Waals surface area contributed by atoms with Gasteiger partial charge in [0, 0.05) is 42.0 Å². The number of pyridine rings is 1. The van der Waals surface area contributed by atoms with Gasteiger partial charge in [-0.25, -0.2) is 4.98 Å². The standard InChI is InChI=1S/C25H29N5O2S/c1-14-2-5-19-22(26)23(33-25(19)28-14)24(31)29-17-10-16-3-4-18(11-21(16)32-13-17)30-9-7-15-6-8-27-12-20(15)30/h2-5,11,15,17,20,27H,6-10,12-13,26H2,1H3,(H,29,31)/t15-,17+,20-/m0/s1. The van der Waals surface area contributed by atoms with Crippen LogP contribution in [-0.2, 0) is 6.42 Å². The van der Waals surface area contributed by atoms with E-state index in [4.69, 9.17) is 10.5 Å². The second-order valence-electron chi connectivity index (χ2n) is 9.43. The number of rotatable bonds is 3. The number of nitrogens with zero attached hydrogens (tertiary/aromatic N) is 2. The first-order valence-corrected chi connectivity index (χ1v) is 12.6. The van der Waals surface area contributed by atoms with Crippen LogP contribution in [0.3, 0.4) is 0 Å². The Morgan fingerprint density at radius 1 is 1.30 bits per heavy atom. The highest BCUT2D eigenvalue weighted by molar-refractivity contribution is 7.21. The maximum atomic E-state index is 13.0. The molecular weight excluding hydrogens is 434 g/mol. The van der Waals surface area contributed by atoms with Gasteiger partial charge in [0.05, 0.1) is 11.7 Å². The van der Waals surface area contributed by atoms with Crippen molar-refractivity contribution in [2.24, 2.45) is 5.92 Å².